The Kier molecular flexibility index (Phi) is 5.99. The minimum Gasteiger partial charge on any atom is -0.341 e. The molecule has 0 saturated carbocycles. The number of rotatable bonds is 4. The van der Waals surface area contributed by atoms with E-state index in [1.165, 1.54) is 0 Å². The molecule has 162 valence electrons. The van der Waals surface area contributed by atoms with E-state index in [-0.39, 0.29) is 12.5 Å². The molecule has 2 aliphatic heterocycles. The molecule has 2 fully saturated rings. The van der Waals surface area contributed by atoms with E-state index in [0.717, 1.165) is 57.7 Å². The summed E-state index contributed by atoms with van der Waals surface area (Å²) in [5.74, 6) is -0.582. The van der Waals surface area contributed by atoms with Gasteiger partial charge in [-0.15, -0.1) is 0 Å². The molecule has 1 aromatic heterocycles. The van der Waals surface area contributed by atoms with Gasteiger partial charge in [0.05, 0.1) is 4.91 Å². The van der Waals surface area contributed by atoms with Crippen LogP contribution in [0.25, 0.3) is 11.8 Å². The molecule has 4 rings (SSSR count). The first-order valence-corrected chi connectivity index (χ1v) is 11.4. The van der Waals surface area contributed by atoms with Crippen molar-refractivity contribution < 1.29 is 14.4 Å². The van der Waals surface area contributed by atoms with Crippen LogP contribution in [0.1, 0.15) is 35.4 Å². The molecular weight excluding hydrogens is 434 g/mol. The smallest absolute Gasteiger partial charge is 0.294 e. The summed E-state index contributed by atoms with van der Waals surface area (Å²) in [6.07, 6.45) is 3.68. The maximum Gasteiger partial charge on any atom is 0.294 e. The van der Waals surface area contributed by atoms with E-state index in [1.807, 2.05) is 45.0 Å². The Balaban J connectivity index is 1.60. The third-order valence-corrected chi connectivity index (χ3v) is 7.18. The summed E-state index contributed by atoms with van der Waals surface area (Å²) in [7, 11) is 0. The molecule has 2 aromatic rings. The molecule has 2 saturated heterocycles. The number of hydrogen-bond donors (Lipinski definition) is 0. The number of benzene rings is 1. The number of halogens is 1. The van der Waals surface area contributed by atoms with Gasteiger partial charge in [-0.25, -0.2) is 0 Å². The average molecular weight is 458 g/mol. The summed E-state index contributed by atoms with van der Waals surface area (Å²) in [6, 6.07) is 7.75. The number of nitrogens with zero attached hydrogens (tertiary/aromatic N) is 3. The number of amides is 3. The van der Waals surface area contributed by atoms with Crippen molar-refractivity contribution in [3.63, 3.8) is 0 Å². The van der Waals surface area contributed by atoms with E-state index in [9.17, 15) is 14.4 Å². The molecule has 0 aliphatic carbocycles. The van der Waals surface area contributed by atoms with Crippen molar-refractivity contribution >= 4 is 46.5 Å². The van der Waals surface area contributed by atoms with Crippen molar-refractivity contribution in [2.75, 3.05) is 19.6 Å². The van der Waals surface area contributed by atoms with Gasteiger partial charge >= 0.3 is 0 Å². The van der Waals surface area contributed by atoms with Gasteiger partial charge in [0, 0.05) is 35.2 Å². The molecule has 6 nitrogen and oxygen atoms in total. The molecule has 2 aliphatic rings. The molecule has 0 unspecified atom stereocenters. The lowest BCUT2D eigenvalue weighted by Gasteiger charge is -2.18. The molecular formula is C23H24ClN3O3S. The van der Waals surface area contributed by atoms with E-state index >= 15 is 0 Å². The maximum atomic E-state index is 12.9. The highest BCUT2D eigenvalue weighted by molar-refractivity contribution is 8.18. The third-order valence-electron chi connectivity index (χ3n) is 5.86. The highest BCUT2D eigenvalue weighted by atomic mass is 35.5. The van der Waals surface area contributed by atoms with Crippen LogP contribution in [-0.4, -0.2) is 51.1 Å². The Morgan fingerprint density at radius 1 is 1.16 bits per heavy atom. The van der Waals surface area contributed by atoms with Gasteiger partial charge < -0.3 is 9.47 Å². The lowest BCUT2D eigenvalue weighted by Crippen LogP contribution is -2.40. The molecule has 0 bridgehead atoms. The molecule has 3 amide bonds. The van der Waals surface area contributed by atoms with Crippen molar-refractivity contribution in [1.82, 2.24) is 14.4 Å². The molecule has 31 heavy (non-hydrogen) atoms. The van der Waals surface area contributed by atoms with Gasteiger partial charge in [0.2, 0.25) is 5.91 Å². The number of hydrogen-bond acceptors (Lipinski definition) is 4. The Morgan fingerprint density at radius 3 is 2.58 bits per heavy atom. The number of carbonyl (C=O) groups excluding carboxylic acids is 3. The van der Waals surface area contributed by atoms with Crippen LogP contribution in [0.4, 0.5) is 4.79 Å². The maximum absolute atomic E-state index is 12.9. The summed E-state index contributed by atoms with van der Waals surface area (Å²) < 4.78 is 2.09. The van der Waals surface area contributed by atoms with Crippen molar-refractivity contribution in [2.24, 2.45) is 0 Å². The molecule has 8 heteroatoms. The summed E-state index contributed by atoms with van der Waals surface area (Å²) in [5, 5.41) is 0.290. The van der Waals surface area contributed by atoms with Gasteiger partial charge in [-0.2, -0.15) is 0 Å². The fourth-order valence-corrected chi connectivity index (χ4v) is 5.12. The zero-order valence-electron chi connectivity index (χ0n) is 17.8. The first kappa shape index (κ1) is 21.7. The van der Waals surface area contributed by atoms with Crippen LogP contribution < -0.4 is 0 Å². The predicted molar refractivity (Wildman–Crippen MR) is 123 cm³/mol. The van der Waals surface area contributed by atoms with Crippen LogP contribution in [0.15, 0.2) is 29.2 Å². The number of thioether (sulfide) groups is 1. The second-order valence-corrected chi connectivity index (χ2v) is 9.30. The highest BCUT2D eigenvalue weighted by Gasteiger charge is 2.37. The number of imide groups is 1. The lowest BCUT2D eigenvalue weighted by molar-refractivity contribution is -0.135. The number of carbonyl (C=O) groups is 3. The van der Waals surface area contributed by atoms with E-state index in [1.54, 1.807) is 11.0 Å². The molecule has 0 radical (unpaired) electrons. The van der Waals surface area contributed by atoms with Gasteiger partial charge in [0.25, 0.3) is 11.1 Å². The minimum absolute atomic E-state index is 0.171. The van der Waals surface area contributed by atoms with Gasteiger partial charge in [0.1, 0.15) is 6.54 Å². The number of likely N-dealkylation sites (tertiary alicyclic amines) is 1. The molecule has 0 N–H and O–H groups in total. The van der Waals surface area contributed by atoms with Crippen LogP contribution in [0, 0.1) is 20.8 Å². The Hall–Kier alpha value is -2.51. The van der Waals surface area contributed by atoms with Crippen molar-refractivity contribution in [2.45, 2.75) is 33.6 Å². The Morgan fingerprint density at radius 2 is 1.87 bits per heavy atom. The van der Waals surface area contributed by atoms with Gasteiger partial charge in [-0.05, 0) is 80.8 Å². The zero-order chi connectivity index (χ0) is 22.3. The van der Waals surface area contributed by atoms with Crippen LogP contribution >= 0.6 is 23.4 Å². The second kappa shape index (κ2) is 8.55. The first-order chi connectivity index (χ1) is 14.8. The SMILES string of the molecule is Cc1c(Cl)cccc1-n1c(C)cc(/C=C2\SC(=O)N(CC(=O)N3CCCC3)C2=O)c1C. The van der Waals surface area contributed by atoms with E-state index in [0.29, 0.717) is 23.0 Å². The van der Waals surface area contributed by atoms with Crippen LogP contribution in [-0.2, 0) is 9.59 Å². The standard InChI is InChI=1S/C23H24ClN3O3S/c1-14-11-17(16(3)27(14)19-8-6-7-18(24)15(19)2)12-20-22(29)26(23(30)31-20)13-21(28)25-9-4-5-10-25/h6-8,11-12H,4-5,9-10,13H2,1-3H3/b20-12-. The summed E-state index contributed by atoms with van der Waals surface area (Å²) in [5.41, 5.74) is 4.75. The van der Waals surface area contributed by atoms with Crippen molar-refractivity contribution in [3.8, 4) is 5.69 Å². The van der Waals surface area contributed by atoms with E-state index < -0.39 is 11.1 Å². The van der Waals surface area contributed by atoms with E-state index in [2.05, 4.69) is 4.57 Å². The van der Waals surface area contributed by atoms with Crippen LogP contribution in [0.5, 0.6) is 0 Å². The van der Waals surface area contributed by atoms with E-state index in [4.69, 9.17) is 11.6 Å². The second-order valence-electron chi connectivity index (χ2n) is 7.90. The Bertz CT molecular complexity index is 1120. The van der Waals surface area contributed by atoms with Crippen molar-refractivity contribution in [3.05, 3.63) is 56.7 Å². The zero-order valence-corrected chi connectivity index (χ0v) is 19.3. The number of aromatic nitrogens is 1. The van der Waals surface area contributed by atoms with Gasteiger partial charge in [0.15, 0.2) is 0 Å². The lowest BCUT2D eigenvalue weighted by atomic mass is 10.2. The fraction of sp³-hybridized carbons (Fsp3) is 0.348. The normalized spacial score (nSPS) is 18.0. The van der Waals surface area contributed by atoms with Gasteiger partial charge in [-0.3, -0.25) is 19.3 Å². The highest BCUT2D eigenvalue weighted by Crippen LogP contribution is 2.34. The summed E-state index contributed by atoms with van der Waals surface area (Å²) >= 11 is 7.19. The monoisotopic (exact) mass is 457 g/mol. The third kappa shape index (κ3) is 4.04. The molecule has 0 spiro atoms. The summed E-state index contributed by atoms with van der Waals surface area (Å²) in [6.45, 7) is 7.13. The molecule has 0 atom stereocenters. The topological polar surface area (TPSA) is 62.6 Å². The quantitative estimate of drug-likeness (QED) is 0.623. The Labute approximate surface area is 190 Å². The largest absolute Gasteiger partial charge is 0.341 e. The minimum atomic E-state index is -0.411. The molecule has 3 heterocycles. The average Bonchev–Trinajstić information content (AvgIpc) is 3.42. The van der Waals surface area contributed by atoms with Crippen molar-refractivity contribution in [1.29, 1.82) is 0 Å². The van der Waals surface area contributed by atoms with Gasteiger partial charge in [-0.1, -0.05) is 17.7 Å². The summed E-state index contributed by atoms with van der Waals surface area (Å²) in [4.78, 5) is 40.8. The number of aryl methyl sites for hydroxylation is 1. The first-order valence-electron chi connectivity index (χ1n) is 10.3. The van der Waals surface area contributed by atoms with Crippen LogP contribution in [0.2, 0.25) is 5.02 Å². The van der Waals surface area contributed by atoms with Crippen LogP contribution in [0.3, 0.4) is 0 Å². The predicted octanol–water partition coefficient (Wildman–Crippen LogP) is 4.71. The molecule has 1 aromatic carbocycles. The fourth-order valence-electron chi connectivity index (χ4n) is 4.12.